The number of fused-ring (bicyclic) bond motifs is 1. The SMILES string of the molecule is C=CCN(C(=O)c1ccc2c(c1)OCO2)c1nc(-c2ccccc2)cs1. The molecule has 0 N–H and O–H groups in total. The number of nitrogens with zero attached hydrogens (tertiary/aromatic N) is 2. The predicted octanol–water partition coefficient (Wildman–Crippen LogP) is 4.37. The molecule has 2 heterocycles. The molecule has 130 valence electrons. The van der Waals surface area contributed by atoms with E-state index < -0.39 is 0 Å². The minimum Gasteiger partial charge on any atom is -0.454 e. The highest BCUT2D eigenvalue weighted by Gasteiger charge is 2.23. The molecule has 4 rings (SSSR count). The Morgan fingerprint density at radius 3 is 2.81 bits per heavy atom. The maximum absolute atomic E-state index is 13.0. The summed E-state index contributed by atoms with van der Waals surface area (Å²) in [7, 11) is 0. The zero-order valence-corrected chi connectivity index (χ0v) is 14.7. The van der Waals surface area contributed by atoms with E-state index in [1.54, 1.807) is 29.2 Å². The average molecular weight is 364 g/mol. The molecular weight excluding hydrogens is 348 g/mol. The van der Waals surface area contributed by atoms with Crippen LogP contribution in [-0.2, 0) is 0 Å². The molecule has 0 bridgehead atoms. The Morgan fingerprint density at radius 2 is 2.00 bits per heavy atom. The van der Waals surface area contributed by atoms with Gasteiger partial charge >= 0.3 is 0 Å². The number of rotatable bonds is 5. The van der Waals surface area contributed by atoms with E-state index in [0.29, 0.717) is 28.7 Å². The summed E-state index contributed by atoms with van der Waals surface area (Å²) < 4.78 is 10.7. The molecule has 2 aromatic carbocycles. The molecule has 26 heavy (non-hydrogen) atoms. The molecule has 1 aliphatic rings. The van der Waals surface area contributed by atoms with Gasteiger partial charge in [0.2, 0.25) is 6.79 Å². The molecule has 0 fully saturated rings. The number of amides is 1. The Bertz CT molecular complexity index is 953. The van der Waals surface area contributed by atoms with Gasteiger partial charge in [0, 0.05) is 23.1 Å². The minimum absolute atomic E-state index is 0.155. The summed E-state index contributed by atoms with van der Waals surface area (Å²) in [5.41, 5.74) is 2.38. The standard InChI is InChI=1S/C20H16N2O3S/c1-2-10-22(19(23)15-8-9-17-18(11-15)25-13-24-17)20-21-16(12-26-20)14-6-4-3-5-7-14/h2-9,11-12H,1,10,13H2. The molecule has 0 saturated heterocycles. The molecule has 0 radical (unpaired) electrons. The number of ether oxygens (including phenoxy) is 2. The van der Waals surface area contributed by atoms with Crippen molar-refractivity contribution in [1.82, 2.24) is 4.98 Å². The lowest BCUT2D eigenvalue weighted by molar-refractivity contribution is 0.0989. The van der Waals surface area contributed by atoms with Crippen molar-refractivity contribution in [2.24, 2.45) is 0 Å². The lowest BCUT2D eigenvalue weighted by atomic mass is 10.1. The summed E-state index contributed by atoms with van der Waals surface area (Å²) in [6.07, 6.45) is 1.69. The highest BCUT2D eigenvalue weighted by Crippen LogP contribution is 2.34. The Labute approximate surface area is 155 Å². The zero-order valence-electron chi connectivity index (χ0n) is 13.9. The van der Waals surface area contributed by atoms with Gasteiger partial charge in [-0.05, 0) is 18.2 Å². The molecule has 1 aromatic heterocycles. The molecule has 5 nitrogen and oxygen atoms in total. The van der Waals surface area contributed by atoms with E-state index in [1.807, 2.05) is 35.7 Å². The van der Waals surface area contributed by atoms with Crippen LogP contribution in [0.5, 0.6) is 11.5 Å². The second-order valence-corrected chi connectivity index (χ2v) is 6.49. The van der Waals surface area contributed by atoms with Crippen LogP contribution in [0.2, 0.25) is 0 Å². The van der Waals surface area contributed by atoms with Gasteiger partial charge in [-0.1, -0.05) is 36.4 Å². The molecule has 3 aromatic rings. The van der Waals surface area contributed by atoms with Crippen LogP contribution < -0.4 is 14.4 Å². The Balaban J connectivity index is 1.64. The number of carbonyl (C=O) groups is 1. The number of hydrogen-bond acceptors (Lipinski definition) is 5. The quantitative estimate of drug-likeness (QED) is 0.631. The first-order chi connectivity index (χ1) is 12.8. The fourth-order valence-corrected chi connectivity index (χ4v) is 3.53. The molecule has 0 atom stereocenters. The molecule has 1 amide bonds. The van der Waals surface area contributed by atoms with Crippen molar-refractivity contribution in [1.29, 1.82) is 0 Å². The lowest BCUT2D eigenvalue weighted by Gasteiger charge is -2.18. The third-order valence-electron chi connectivity index (χ3n) is 3.97. The summed E-state index contributed by atoms with van der Waals surface area (Å²) in [6, 6.07) is 15.1. The molecular formula is C20H16N2O3S. The van der Waals surface area contributed by atoms with Gasteiger partial charge in [-0.3, -0.25) is 9.69 Å². The first kappa shape index (κ1) is 16.4. The van der Waals surface area contributed by atoms with Gasteiger partial charge in [-0.25, -0.2) is 4.98 Å². The number of carbonyl (C=O) groups excluding carboxylic acids is 1. The van der Waals surface area contributed by atoms with Gasteiger partial charge in [0.1, 0.15) is 0 Å². The van der Waals surface area contributed by atoms with Crippen LogP contribution >= 0.6 is 11.3 Å². The van der Waals surface area contributed by atoms with Gasteiger partial charge in [0.25, 0.3) is 5.91 Å². The first-order valence-electron chi connectivity index (χ1n) is 8.09. The number of aromatic nitrogens is 1. The van der Waals surface area contributed by atoms with Crippen LogP contribution in [0, 0.1) is 0 Å². The van der Waals surface area contributed by atoms with Crippen LogP contribution in [0.4, 0.5) is 5.13 Å². The minimum atomic E-state index is -0.155. The van der Waals surface area contributed by atoms with E-state index in [2.05, 4.69) is 11.6 Å². The van der Waals surface area contributed by atoms with Crippen LogP contribution in [0.1, 0.15) is 10.4 Å². The number of hydrogen-bond donors (Lipinski definition) is 0. The van der Waals surface area contributed by atoms with E-state index in [-0.39, 0.29) is 12.7 Å². The van der Waals surface area contributed by atoms with Gasteiger partial charge in [-0.15, -0.1) is 17.9 Å². The van der Waals surface area contributed by atoms with Crippen LogP contribution in [-0.4, -0.2) is 24.2 Å². The topological polar surface area (TPSA) is 51.7 Å². The summed E-state index contributed by atoms with van der Waals surface area (Å²) in [5.74, 6) is 1.08. The Hall–Kier alpha value is -3.12. The van der Waals surface area contributed by atoms with Crippen molar-refractivity contribution < 1.29 is 14.3 Å². The van der Waals surface area contributed by atoms with Crippen molar-refractivity contribution in [3.63, 3.8) is 0 Å². The van der Waals surface area contributed by atoms with Crippen molar-refractivity contribution in [3.8, 4) is 22.8 Å². The highest BCUT2D eigenvalue weighted by molar-refractivity contribution is 7.14. The van der Waals surface area contributed by atoms with Crippen molar-refractivity contribution in [2.45, 2.75) is 0 Å². The summed E-state index contributed by atoms with van der Waals surface area (Å²) in [6.45, 7) is 4.31. The fraction of sp³-hybridized carbons (Fsp3) is 0.100. The van der Waals surface area contributed by atoms with Gasteiger partial charge in [0.05, 0.1) is 5.69 Å². The molecule has 1 aliphatic heterocycles. The van der Waals surface area contributed by atoms with Gasteiger partial charge in [-0.2, -0.15) is 0 Å². The van der Waals surface area contributed by atoms with Gasteiger partial charge in [0.15, 0.2) is 16.6 Å². The van der Waals surface area contributed by atoms with Crippen molar-refractivity contribution >= 4 is 22.4 Å². The summed E-state index contributed by atoms with van der Waals surface area (Å²) in [4.78, 5) is 19.3. The largest absolute Gasteiger partial charge is 0.454 e. The lowest BCUT2D eigenvalue weighted by Crippen LogP contribution is -2.30. The molecule has 0 aliphatic carbocycles. The fourth-order valence-electron chi connectivity index (χ4n) is 2.69. The molecule has 0 unspecified atom stereocenters. The average Bonchev–Trinajstić information content (AvgIpc) is 3.35. The normalized spacial score (nSPS) is 12.0. The number of benzene rings is 2. The third-order valence-corrected chi connectivity index (χ3v) is 4.83. The van der Waals surface area contributed by atoms with E-state index in [4.69, 9.17) is 9.47 Å². The van der Waals surface area contributed by atoms with E-state index in [0.717, 1.165) is 11.3 Å². The van der Waals surface area contributed by atoms with E-state index in [9.17, 15) is 4.79 Å². The maximum Gasteiger partial charge on any atom is 0.260 e. The summed E-state index contributed by atoms with van der Waals surface area (Å²) in [5, 5.41) is 2.58. The van der Waals surface area contributed by atoms with Crippen molar-refractivity contribution in [2.75, 3.05) is 18.2 Å². The van der Waals surface area contributed by atoms with Crippen LogP contribution in [0.3, 0.4) is 0 Å². The smallest absolute Gasteiger partial charge is 0.260 e. The van der Waals surface area contributed by atoms with Crippen LogP contribution in [0.25, 0.3) is 11.3 Å². The molecule has 6 heteroatoms. The Morgan fingerprint density at radius 1 is 1.19 bits per heavy atom. The third kappa shape index (κ3) is 3.07. The highest BCUT2D eigenvalue weighted by atomic mass is 32.1. The van der Waals surface area contributed by atoms with E-state index in [1.165, 1.54) is 11.3 Å². The predicted molar refractivity (Wildman–Crippen MR) is 102 cm³/mol. The monoisotopic (exact) mass is 364 g/mol. The second kappa shape index (κ2) is 7.01. The zero-order chi connectivity index (χ0) is 17.9. The van der Waals surface area contributed by atoms with Crippen molar-refractivity contribution in [3.05, 3.63) is 72.1 Å². The van der Waals surface area contributed by atoms with Crippen LogP contribution in [0.15, 0.2) is 66.6 Å². The molecule has 0 spiro atoms. The maximum atomic E-state index is 13.0. The molecule has 0 saturated carbocycles. The number of thiazole rings is 1. The summed E-state index contributed by atoms with van der Waals surface area (Å²) >= 11 is 1.43. The Kier molecular flexibility index (Phi) is 4.41. The number of anilines is 1. The van der Waals surface area contributed by atoms with Gasteiger partial charge < -0.3 is 9.47 Å². The van der Waals surface area contributed by atoms with E-state index >= 15 is 0 Å². The first-order valence-corrected chi connectivity index (χ1v) is 8.97. The second-order valence-electron chi connectivity index (χ2n) is 5.65.